The van der Waals surface area contributed by atoms with E-state index in [9.17, 15) is 9.59 Å². The Labute approximate surface area is 110 Å². The average molecular weight is 263 g/mol. The van der Waals surface area contributed by atoms with Crippen LogP contribution in [-0.2, 0) is 4.74 Å². The molecule has 2 aromatic rings. The van der Waals surface area contributed by atoms with Gasteiger partial charge in [-0.05, 0) is 19.8 Å². The number of nitrogens with zero attached hydrogens (tertiary/aromatic N) is 2. The third kappa shape index (κ3) is 2.14. The highest BCUT2D eigenvalue weighted by molar-refractivity contribution is 5.95. The van der Waals surface area contributed by atoms with Crippen LogP contribution in [0.15, 0.2) is 11.0 Å². The summed E-state index contributed by atoms with van der Waals surface area (Å²) in [5.41, 5.74) is 1.88. The molecule has 2 heterocycles. The number of aryl methyl sites for hydroxylation is 1. The number of rotatable bonds is 3. The molecule has 102 valence electrons. The third-order valence-corrected chi connectivity index (χ3v) is 3.03. The Morgan fingerprint density at radius 3 is 2.79 bits per heavy atom. The molecule has 0 aliphatic rings. The molecule has 6 nitrogen and oxygen atoms in total. The molecule has 0 saturated carbocycles. The maximum Gasteiger partial charge on any atom is 0.343 e. The smallest absolute Gasteiger partial charge is 0.343 e. The fourth-order valence-corrected chi connectivity index (χ4v) is 2.21. The molecule has 0 bridgehead atoms. The number of carbonyl (C=O) groups excluding carboxylic acids is 1. The SMILES string of the molecule is CCOC(=O)c1cnn2c(C)c(C(C)C)c(=O)[nH]c12. The maximum absolute atomic E-state index is 12.1. The lowest BCUT2D eigenvalue weighted by Gasteiger charge is -2.10. The van der Waals surface area contributed by atoms with Gasteiger partial charge in [0.05, 0.1) is 18.5 Å². The van der Waals surface area contributed by atoms with Crippen LogP contribution in [0.25, 0.3) is 5.65 Å². The van der Waals surface area contributed by atoms with Gasteiger partial charge in [-0.25, -0.2) is 9.31 Å². The molecule has 19 heavy (non-hydrogen) atoms. The summed E-state index contributed by atoms with van der Waals surface area (Å²) in [6.45, 7) is 7.72. The predicted molar refractivity (Wildman–Crippen MR) is 70.6 cm³/mol. The molecule has 0 aliphatic heterocycles. The van der Waals surface area contributed by atoms with Crippen LogP contribution in [0.5, 0.6) is 0 Å². The Bertz CT molecular complexity index is 682. The standard InChI is InChI=1S/C13H17N3O3/c1-5-19-13(18)9-6-14-16-8(4)10(7(2)3)12(17)15-11(9)16/h6-7H,5H2,1-4H3,(H,15,17). The number of hydrogen-bond donors (Lipinski definition) is 1. The molecule has 2 aromatic heterocycles. The van der Waals surface area contributed by atoms with Crippen LogP contribution in [-0.4, -0.2) is 27.2 Å². The summed E-state index contributed by atoms with van der Waals surface area (Å²) in [6, 6.07) is 0. The molecule has 0 unspecified atom stereocenters. The molecule has 6 heteroatoms. The van der Waals surface area contributed by atoms with Gasteiger partial charge in [0.15, 0.2) is 5.65 Å². The van der Waals surface area contributed by atoms with Gasteiger partial charge in [0, 0.05) is 5.56 Å². The lowest BCUT2D eigenvalue weighted by molar-refractivity contribution is 0.0528. The van der Waals surface area contributed by atoms with Crippen LogP contribution >= 0.6 is 0 Å². The molecule has 0 fully saturated rings. The van der Waals surface area contributed by atoms with Crippen LogP contribution in [0.1, 0.15) is 48.3 Å². The minimum Gasteiger partial charge on any atom is -0.462 e. The van der Waals surface area contributed by atoms with Crippen molar-refractivity contribution in [2.45, 2.75) is 33.6 Å². The van der Waals surface area contributed by atoms with Gasteiger partial charge in [-0.15, -0.1) is 0 Å². The Hall–Kier alpha value is -2.11. The molecular formula is C13H17N3O3. The van der Waals surface area contributed by atoms with E-state index < -0.39 is 5.97 Å². The molecule has 2 rings (SSSR count). The van der Waals surface area contributed by atoms with Gasteiger partial charge in [0.25, 0.3) is 5.56 Å². The summed E-state index contributed by atoms with van der Waals surface area (Å²) >= 11 is 0. The number of esters is 1. The van der Waals surface area contributed by atoms with Crippen LogP contribution < -0.4 is 5.56 Å². The zero-order chi connectivity index (χ0) is 14.2. The molecular weight excluding hydrogens is 246 g/mol. The monoisotopic (exact) mass is 263 g/mol. The summed E-state index contributed by atoms with van der Waals surface area (Å²) < 4.78 is 6.51. The van der Waals surface area contributed by atoms with E-state index in [4.69, 9.17) is 4.74 Å². The topological polar surface area (TPSA) is 76.5 Å². The lowest BCUT2D eigenvalue weighted by Crippen LogP contribution is -2.20. The first-order valence-corrected chi connectivity index (χ1v) is 6.25. The molecule has 0 spiro atoms. The summed E-state index contributed by atoms with van der Waals surface area (Å²) in [4.78, 5) is 26.6. The third-order valence-electron chi connectivity index (χ3n) is 3.03. The minimum absolute atomic E-state index is 0.0865. The molecule has 0 aliphatic carbocycles. The van der Waals surface area contributed by atoms with Gasteiger partial charge in [0.1, 0.15) is 5.56 Å². The predicted octanol–water partition coefficient (Wildman–Crippen LogP) is 1.63. The molecule has 0 aromatic carbocycles. The van der Waals surface area contributed by atoms with E-state index in [2.05, 4.69) is 10.1 Å². The highest BCUT2D eigenvalue weighted by atomic mass is 16.5. The lowest BCUT2D eigenvalue weighted by atomic mass is 10.0. The Kier molecular flexibility index (Phi) is 3.42. The highest BCUT2D eigenvalue weighted by Crippen LogP contribution is 2.17. The second-order valence-electron chi connectivity index (χ2n) is 4.65. The first-order valence-electron chi connectivity index (χ1n) is 6.25. The van der Waals surface area contributed by atoms with Crippen molar-refractivity contribution in [3.63, 3.8) is 0 Å². The van der Waals surface area contributed by atoms with E-state index in [0.29, 0.717) is 11.2 Å². The number of ether oxygens (including phenoxy) is 1. The Morgan fingerprint density at radius 1 is 1.53 bits per heavy atom. The van der Waals surface area contributed by atoms with Gasteiger partial charge in [0.2, 0.25) is 0 Å². The zero-order valence-corrected chi connectivity index (χ0v) is 11.5. The van der Waals surface area contributed by atoms with Crippen molar-refractivity contribution in [2.75, 3.05) is 6.61 Å². The van der Waals surface area contributed by atoms with Crippen molar-refractivity contribution < 1.29 is 9.53 Å². The van der Waals surface area contributed by atoms with Gasteiger partial charge < -0.3 is 9.72 Å². The van der Waals surface area contributed by atoms with Crippen molar-refractivity contribution in [1.82, 2.24) is 14.6 Å². The fraction of sp³-hybridized carbons (Fsp3) is 0.462. The van der Waals surface area contributed by atoms with Crippen LogP contribution in [0, 0.1) is 6.92 Å². The number of aromatic amines is 1. The van der Waals surface area contributed by atoms with Gasteiger partial charge >= 0.3 is 5.97 Å². The summed E-state index contributed by atoms with van der Waals surface area (Å²) in [6.07, 6.45) is 1.42. The quantitative estimate of drug-likeness (QED) is 0.854. The first-order chi connectivity index (χ1) is 8.97. The largest absolute Gasteiger partial charge is 0.462 e. The maximum atomic E-state index is 12.1. The second kappa shape index (κ2) is 4.87. The highest BCUT2D eigenvalue weighted by Gasteiger charge is 2.19. The average Bonchev–Trinajstić information content (AvgIpc) is 2.72. The number of carbonyl (C=O) groups is 1. The van der Waals surface area contributed by atoms with Crippen LogP contribution in [0.2, 0.25) is 0 Å². The van der Waals surface area contributed by atoms with E-state index in [1.54, 1.807) is 11.4 Å². The normalized spacial score (nSPS) is 11.2. The number of H-pyrrole nitrogens is 1. The summed E-state index contributed by atoms with van der Waals surface area (Å²) in [7, 11) is 0. The minimum atomic E-state index is -0.482. The van der Waals surface area contributed by atoms with Gasteiger partial charge in [-0.2, -0.15) is 5.10 Å². The number of fused-ring (bicyclic) bond motifs is 1. The van der Waals surface area contributed by atoms with E-state index >= 15 is 0 Å². The zero-order valence-electron chi connectivity index (χ0n) is 11.5. The van der Waals surface area contributed by atoms with E-state index in [0.717, 1.165) is 5.69 Å². The van der Waals surface area contributed by atoms with Gasteiger partial charge in [-0.1, -0.05) is 13.8 Å². The number of nitrogens with one attached hydrogen (secondary N) is 1. The number of aromatic nitrogens is 3. The van der Waals surface area contributed by atoms with Crippen molar-refractivity contribution >= 4 is 11.6 Å². The summed E-state index contributed by atoms with van der Waals surface area (Å²) in [5, 5.41) is 4.15. The summed E-state index contributed by atoms with van der Waals surface area (Å²) in [5.74, 6) is -0.395. The van der Waals surface area contributed by atoms with E-state index in [1.807, 2.05) is 20.8 Å². The van der Waals surface area contributed by atoms with Crippen molar-refractivity contribution in [2.24, 2.45) is 0 Å². The van der Waals surface area contributed by atoms with Crippen molar-refractivity contribution in [3.8, 4) is 0 Å². The van der Waals surface area contributed by atoms with Crippen molar-refractivity contribution in [1.29, 1.82) is 0 Å². The second-order valence-corrected chi connectivity index (χ2v) is 4.65. The number of hydrogen-bond acceptors (Lipinski definition) is 4. The van der Waals surface area contributed by atoms with Gasteiger partial charge in [-0.3, -0.25) is 4.79 Å². The Balaban J connectivity index is 2.70. The Morgan fingerprint density at radius 2 is 2.21 bits per heavy atom. The first kappa shape index (κ1) is 13.3. The van der Waals surface area contributed by atoms with Crippen LogP contribution in [0.4, 0.5) is 0 Å². The molecule has 0 radical (unpaired) electrons. The van der Waals surface area contributed by atoms with E-state index in [-0.39, 0.29) is 23.6 Å². The van der Waals surface area contributed by atoms with Crippen molar-refractivity contribution in [3.05, 3.63) is 33.4 Å². The van der Waals surface area contributed by atoms with E-state index in [1.165, 1.54) is 6.20 Å². The molecule has 0 saturated heterocycles. The molecule has 0 atom stereocenters. The molecule has 0 amide bonds. The fourth-order valence-electron chi connectivity index (χ4n) is 2.21. The van der Waals surface area contributed by atoms with Crippen LogP contribution in [0.3, 0.4) is 0 Å². The molecule has 1 N–H and O–H groups in total.